The number of nitrogens with zero attached hydrogens (tertiary/aromatic N) is 2. The Hall–Kier alpha value is -1.33. The summed E-state index contributed by atoms with van der Waals surface area (Å²) < 4.78 is 0. The number of likely N-dealkylation sites (N-methyl/N-ethyl adjacent to an activating group) is 1. The zero-order valence-electron chi connectivity index (χ0n) is 10.9. The first kappa shape index (κ1) is 14.1. The summed E-state index contributed by atoms with van der Waals surface area (Å²) in [6.45, 7) is 5.01. The van der Waals surface area contributed by atoms with Gasteiger partial charge in [-0.2, -0.15) is 0 Å². The second kappa shape index (κ2) is 6.21. The molecule has 0 amide bonds. The first-order valence-electron chi connectivity index (χ1n) is 6.53. The first-order valence-corrected chi connectivity index (χ1v) is 6.91. The number of nitro benzene ring substituents is 1. The molecule has 1 aliphatic rings. The number of halogens is 1. The van der Waals surface area contributed by atoms with Crippen LogP contribution < -0.4 is 5.32 Å². The van der Waals surface area contributed by atoms with Gasteiger partial charge in [0, 0.05) is 23.7 Å². The van der Waals surface area contributed by atoms with Crippen molar-refractivity contribution in [1.29, 1.82) is 0 Å². The van der Waals surface area contributed by atoms with Crippen molar-refractivity contribution in [2.45, 2.75) is 25.8 Å². The van der Waals surface area contributed by atoms with Crippen LogP contribution in [-0.4, -0.2) is 35.5 Å². The van der Waals surface area contributed by atoms with Gasteiger partial charge >= 0.3 is 0 Å². The van der Waals surface area contributed by atoms with E-state index in [0.29, 0.717) is 16.8 Å². The summed E-state index contributed by atoms with van der Waals surface area (Å²) in [5, 5.41) is 14.6. The number of rotatable bonds is 5. The van der Waals surface area contributed by atoms with Crippen LogP contribution in [0.15, 0.2) is 18.2 Å². The number of anilines is 1. The summed E-state index contributed by atoms with van der Waals surface area (Å²) in [7, 11) is 0. The number of benzene rings is 1. The fourth-order valence-corrected chi connectivity index (χ4v) is 2.74. The predicted octanol–water partition coefficient (Wildman–Crippen LogP) is 3.14. The number of likely N-dealkylation sites (tertiary alicyclic amines) is 1. The van der Waals surface area contributed by atoms with E-state index < -0.39 is 4.92 Å². The third-order valence-corrected chi connectivity index (χ3v) is 3.82. The summed E-state index contributed by atoms with van der Waals surface area (Å²) in [4.78, 5) is 13.0. The van der Waals surface area contributed by atoms with Crippen molar-refractivity contribution in [3.8, 4) is 0 Å². The maximum atomic E-state index is 11.0. The normalized spacial score (nSPS) is 19.6. The molecular weight excluding hydrogens is 266 g/mol. The molecule has 1 aromatic rings. The van der Waals surface area contributed by atoms with E-state index in [0.717, 1.165) is 26.1 Å². The van der Waals surface area contributed by atoms with Crippen molar-refractivity contribution in [2.24, 2.45) is 0 Å². The largest absolute Gasteiger partial charge is 0.378 e. The Labute approximate surface area is 117 Å². The molecule has 104 valence electrons. The van der Waals surface area contributed by atoms with E-state index in [1.54, 1.807) is 12.1 Å². The Balaban J connectivity index is 2.05. The van der Waals surface area contributed by atoms with Gasteiger partial charge in [0.25, 0.3) is 5.69 Å². The first-order chi connectivity index (χ1) is 9.11. The van der Waals surface area contributed by atoms with Crippen molar-refractivity contribution in [2.75, 3.05) is 25.0 Å². The molecule has 0 bridgehead atoms. The Morgan fingerprint density at radius 1 is 1.58 bits per heavy atom. The van der Waals surface area contributed by atoms with Gasteiger partial charge in [-0.25, -0.2) is 0 Å². The lowest BCUT2D eigenvalue weighted by atomic mass is 10.2. The van der Waals surface area contributed by atoms with Crippen LogP contribution in [0, 0.1) is 10.1 Å². The molecule has 19 heavy (non-hydrogen) atoms. The number of hydrogen-bond donors (Lipinski definition) is 1. The fourth-order valence-electron chi connectivity index (χ4n) is 2.58. The highest BCUT2D eigenvalue weighted by molar-refractivity contribution is 6.30. The average molecular weight is 284 g/mol. The lowest BCUT2D eigenvalue weighted by Crippen LogP contribution is -2.34. The second-order valence-electron chi connectivity index (χ2n) is 4.72. The molecule has 1 N–H and O–H groups in total. The number of hydrogen-bond acceptors (Lipinski definition) is 4. The highest BCUT2D eigenvalue weighted by Crippen LogP contribution is 2.28. The third kappa shape index (κ3) is 3.36. The van der Waals surface area contributed by atoms with Crippen molar-refractivity contribution in [3.05, 3.63) is 33.3 Å². The Morgan fingerprint density at radius 2 is 2.37 bits per heavy atom. The van der Waals surface area contributed by atoms with Crippen LogP contribution in [0.25, 0.3) is 0 Å². The van der Waals surface area contributed by atoms with E-state index in [-0.39, 0.29) is 5.69 Å². The summed E-state index contributed by atoms with van der Waals surface area (Å²) in [6, 6.07) is 5.19. The van der Waals surface area contributed by atoms with Crippen LogP contribution in [0.5, 0.6) is 0 Å². The average Bonchev–Trinajstić information content (AvgIpc) is 2.84. The van der Waals surface area contributed by atoms with E-state index in [9.17, 15) is 10.1 Å². The molecule has 1 aliphatic heterocycles. The zero-order valence-corrected chi connectivity index (χ0v) is 11.7. The molecule has 1 fully saturated rings. The Bertz CT molecular complexity index is 467. The van der Waals surface area contributed by atoms with E-state index in [2.05, 4.69) is 17.1 Å². The molecule has 1 saturated heterocycles. The van der Waals surface area contributed by atoms with Gasteiger partial charge in [-0.15, -0.1) is 0 Å². The van der Waals surface area contributed by atoms with Gasteiger partial charge in [0.1, 0.15) is 5.69 Å². The molecule has 1 aromatic carbocycles. The van der Waals surface area contributed by atoms with E-state index in [1.807, 2.05) is 0 Å². The van der Waals surface area contributed by atoms with Crippen molar-refractivity contribution < 1.29 is 4.92 Å². The molecule has 1 atom stereocenters. The Kier molecular flexibility index (Phi) is 4.61. The van der Waals surface area contributed by atoms with Gasteiger partial charge in [-0.1, -0.05) is 18.5 Å². The summed E-state index contributed by atoms with van der Waals surface area (Å²) in [5.41, 5.74) is 0.575. The van der Waals surface area contributed by atoms with Crippen LogP contribution >= 0.6 is 11.6 Å². The predicted molar refractivity (Wildman–Crippen MR) is 76.9 cm³/mol. The molecule has 2 rings (SSSR count). The Morgan fingerprint density at radius 3 is 3.05 bits per heavy atom. The summed E-state index contributed by atoms with van der Waals surface area (Å²) >= 11 is 5.79. The van der Waals surface area contributed by atoms with Gasteiger partial charge in [0.15, 0.2) is 0 Å². The van der Waals surface area contributed by atoms with E-state index in [1.165, 1.54) is 12.5 Å². The van der Waals surface area contributed by atoms with Crippen LogP contribution in [0.3, 0.4) is 0 Å². The lowest BCUT2D eigenvalue weighted by molar-refractivity contribution is -0.383. The molecule has 6 heteroatoms. The number of nitrogens with one attached hydrogen (secondary N) is 1. The summed E-state index contributed by atoms with van der Waals surface area (Å²) in [6.07, 6.45) is 2.34. The van der Waals surface area contributed by atoms with Crippen molar-refractivity contribution in [3.63, 3.8) is 0 Å². The standard InChI is InChI=1S/C13H18ClN3O2/c1-2-16-7-3-4-11(16)9-15-12-6-5-10(14)8-13(12)17(18)19/h5-6,8,11,15H,2-4,7,9H2,1H3. The van der Waals surface area contributed by atoms with Gasteiger partial charge in [0.2, 0.25) is 0 Å². The van der Waals surface area contributed by atoms with Crippen molar-refractivity contribution in [1.82, 2.24) is 4.90 Å². The SMILES string of the molecule is CCN1CCCC1CNc1ccc(Cl)cc1[N+](=O)[O-]. The van der Waals surface area contributed by atoms with E-state index >= 15 is 0 Å². The lowest BCUT2D eigenvalue weighted by Gasteiger charge is -2.23. The van der Waals surface area contributed by atoms with Crippen LogP contribution in [0.1, 0.15) is 19.8 Å². The minimum Gasteiger partial charge on any atom is -0.378 e. The van der Waals surface area contributed by atoms with Gasteiger partial charge in [-0.3, -0.25) is 15.0 Å². The molecule has 1 unspecified atom stereocenters. The molecular formula is C13H18ClN3O2. The quantitative estimate of drug-likeness (QED) is 0.666. The van der Waals surface area contributed by atoms with Gasteiger partial charge < -0.3 is 5.32 Å². The topological polar surface area (TPSA) is 58.4 Å². The number of nitro groups is 1. The molecule has 0 saturated carbocycles. The van der Waals surface area contributed by atoms with Crippen molar-refractivity contribution >= 4 is 23.0 Å². The molecule has 0 radical (unpaired) electrons. The molecule has 1 heterocycles. The molecule has 5 nitrogen and oxygen atoms in total. The van der Waals surface area contributed by atoms with Crippen LogP contribution in [-0.2, 0) is 0 Å². The highest BCUT2D eigenvalue weighted by atomic mass is 35.5. The molecule has 0 aromatic heterocycles. The summed E-state index contributed by atoms with van der Waals surface area (Å²) in [5.74, 6) is 0. The smallest absolute Gasteiger partial charge is 0.293 e. The van der Waals surface area contributed by atoms with Crippen LogP contribution in [0.2, 0.25) is 5.02 Å². The maximum Gasteiger partial charge on any atom is 0.293 e. The third-order valence-electron chi connectivity index (χ3n) is 3.59. The van der Waals surface area contributed by atoms with Gasteiger partial charge in [0.05, 0.1) is 4.92 Å². The van der Waals surface area contributed by atoms with Crippen LogP contribution in [0.4, 0.5) is 11.4 Å². The second-order valence-corrected chi connectivity index (χ2v) is 5.16. The minimum atomic E-state index is -0.402. The van der Waals surface area contributed by atoms with Gasteiger partial charge in [-0.05, 0) is 38.1 Å². The minimum absolute atomic E-state index is 0.0357. The highest BCUT2D eigenvalue weighted by Gasteiger charge is 2.23. The molecule has 0 aliphatic carbocycles. The fraction of sp³-hybridized carbons (Fsp3) is 0.538. The zero-order chi connectivity index (χ0) is 13.8. The maximum absolute atomic E-state index is 11.0. The monoisotopic (exact) mass is 283 g/mol. The van der Waals surface area contributed by atoms with E-state index in [4.69, 9.17) is 11.6 Å². The molecule has 0 spiro atoms.